The maximum atomic E-state index is 12.4. The molecule has 0 aliphatic rings. The van der Waals surface area contributed by atoms with Crippen molar-refractivity contribution in [3.63, 3.8) is 0 Å². The van der Waals surface area contributed by atoms with Crippen LogP contribution in [0.1, 0.15) is 27.0 Å². The molecule has 5 heteroatoms. The van der Waals surface area contributed by atoms with E-state index in [-0.39, 0.29) is 12.4 Å². The summed E-state index contributed by atoms with van der Waals surface area (Å²) in [6.07, 6.45) is 3.23. The molecule has 0 aromatic heterocycles. The van der Waals surface area contributed by atoms with Gasteiger partial charge in [-0.1, -0.05) is 30.3 Å². The summed E-state index contributed by atoms with van der Waals surface area (Å²) in [6.45, 7) is 0.317. The summed E-state index contributed by atoms with van der Waals surface area (Å²) in [7, 11) is 0. The Morgan fingerprint density at radius 2 is 1.70 bits per heavy atom. The van der Waals surface area contributed by atoms with Crippen LogP contribution in [-0.2, 0) is 6.61 Å². The first-order valence-corrected chi connectivity index (χ1v) is 9.22. The molecule has 0 unspecified atom stereocenters. The zero-order chi connectivity index (χ0) is 21.2. The lowest BCUT2D eigenvalue weighted by Gasteiger charge is -2.07. The van der Waals surface area contributed by atoms with Crippen molar-refractivity contribution in [2.24, 2.45) is 0 Å². The summed E-state index contributed by atoms with van der Waals surface area (Å²) in [5, 5.41) is 17.5. The summed E-state index contributed by atoms with van der Waals surface area (Å²) < 4.78 is 11.0. The molecule has 3 aromatic carbocycles. The van der Waals surface area contributed by atoms with E-state index in [0.717, 1.165) is 11.1 Å². The fraction of sp³-hybridized carbons (Fsp3) is 0.0800. The highest BCUT2D eigenvalue weighted by Crippen LogP contribution is 2.18. The van der Waals surface area contributed by atoms with Gasteiger partial charge in [-0.05, 0) is 65.7 Å². The molecule has 30 heavy (non-hydrogen) atoms. The molecule has 0 N–H and O–H groups in total. The molecule has 3 aromatic rings. The van der Waals surface area contributed by atoms with E-state index < -0.39 is 0 Å². The van der Waals surface area contributed by atoms with Crippen LogP contribution in [0.15, 0.2) is 78.9 Å². The first-order chi connectivity index (χ1) is 14.7. The molecule has 0 amide bonds. The van der Waals surface area contributed by atoms with Gasteiger partial charge in [-0.15, -0.1) is 0 Å². The van der Waals surface area contributed by atoms with Gasteiger partial charge < -0.3 is 9.47 Å². The van der Waals surface area contributed by atoms with Crippen molar-refractivity contribution >= 4 is 11.9 Å². The number of ketones is 1. The molecule has 0 atom stereocenters. The normalized spacial score (nSPS) is 10.2. The summed E-state index contributed by atoms with van der Waals surface area (Å²) >= 11 is 0. The Kier molecular flexibility index (Phi) is 6.97. The first kappa shape index (κ1) is 20.4. The number of rotatable bonds is 8. The van der Waals surface area contributed by atoms with Gasteiger partial charge >= 0.3 is 0 Å². The fourth-order valence-electron chi connectivity index (χ4n) is 2.70. The minimum atomic E-state index is -0.138. The van der Waals surface area contributed by atoms with E-state index in [1.807, 2.05) is 42.5 Å². The second kappa shape index (κ2) is 10.3. The summed E-state index contributed by atoms with van der Waals surface area (Å²) in [5.74, 6) is 1.08. The molecular formula is C25H18N2O3. The Hall–Kier alpha value is -4.35. The van der Waals surface area contributed by atoms with E-state index in [4.69, 9.17) is 20.0 Å². The van der Waals surface area contributed by atoms with Crippen molar-refractivity contribution in [3.05, 3.63) is 101 Å². The maximum absolute atomic E-state index is 12.4. The van der Waals surface area contributed by atoms with Crippen LogP contribution in [0.25, 0.3) is 6.08 Å². The van der Waals surface area contributed by atoms with E-state index in [1.54, 1.807) is 42.5 Å². The van der Waals surface area contributed by atoms with E-state index in [9.17, 15) is 4.79 Å². The van der Waals surface area contributed by atoms with Crippen LogP contribution in [0.3, 0.4) is 0 Å². The Bertz CT molecular complexity index is 1140. The standard InChI is InChI=1S/C25H18N2O3/c26-13-14-29-23-10-8-22(9-11-23)25(28)12-7-19-3-2-6-24(16-19)30-18-21-5-1-4-20(15-21)17-27/h1-12,15-16H,14,18H2/b12-7+. The number of nitrogens with zero attached hydrogens (tertiary/aromatic N) is 2. The van der Waals surface area contributed by atoms with Crippen molar-refractivity contribution < 1.29 is 14.3 Å². The molecule has 0 heterocycles. The maximum Gasteiger partial charge on any atom is 0.185 e. The van der Waals surface area contributed by atoms with Gasteiger partial charge in [0.1, 0.15) is 24.2 Å². The van der Waals surface area contributed by atoms with Gasteiger partial charge in [0.2, 0.25) is 0 Å². The first-order valence-electron chi connectivity index (χ1n) is 9.22. The van der Waals surface area contributed by atoms with Crippen molar-refractivity contribution in [2.75, 3.05) is 6.61 Å². The average molecular weight is 394 g/mol. The minimum Gasteiger partial charge on any atom is -0.489 e. The van der Waals surface area contributed by atoms with Crippen LogP contribution in [0.2, 0.25) is 0 Å². The Morgan fingerprint density at radius 1 is 0.900 bits per heavy atom. The number of nitriles is 2. The predicted octanol–water partition coefficient (Wildman–Crippen LogP) is 4.94. The third-order valence-corrected chi connectivity index (χ3v) is 4.19. The molecule has 0 saturated heterocycles. The molecule has 146 valence electrons. The van der Waals surface area contributed by atoms with E-state index in [0.29, 0.717) is 29.2 Å². The van der Waals surface area contributed by atoms with Crippen molar-refractivity contribution in [1.82, 2.24) is 0 Å². The van der Waals surface area contributed by atoms with E-state index in [1.165, 1.54) is 6.08 Å². The number of hydrogen-bond donors (Lipinski definition) is 0. The van der Waals surface area contributed by atoms with Crippen LogP contribution in [-0.4, -0.2) is 12.4 Å². The molecule has 3 rings (SSSR count). The van der Waals surface area contributed by atoms with Gasteiger partial charge in [-0.3, -0.25) is 4.79 Å². The lowest BCUT2D eigenvalue weighted by molar-refractivity contribution is 0.104. The lowest BCUT2D eigenvalue weighted by atomic mass is 10.1. The van der Waals surface area contributed by atoms with E-state index in [2.05, 4.69) is 6.07 Å². The largest absolute Gasteiger partial charge is 0.489 e. The number of ether oxygens (including phenoxy) is 2. The van der Waals surface area contributed by atoms with Crippen molar-refractivity contribution in [1.29, 1.82) is 10.5 Å². The predicted molar refractivity (Wildman–Crippen MR) is 113 cm³/mol. The summed E-state index contributed by atoms with van der Waals surface area (Å²) in [6, 6.07) is 25.3. The molecule has 0 saturated carbocycles. The number of allylic oxidation sites excluding steroid dienone is 1. The molecule has 0 fully saturated rings. The van der Waals surface area contributed by atoms with Crippen LogP contribution < -0.4 is 9.47 Å². The van der Waals surface area contributed by atoms with Crippen LogP contribution >= 0.6 is 0 Å². The molecule has 5 nitrogen and oxygen atoms in total. The van der Waals surface area contributed by atoms with Crippen molar-refractivity contribution in [2.45, 2.75) is 6.61 Å². The Labute approximate surface area is 175 Å². The number of hydrogen-bond acceptors (Lipinski definition) is 5. The monoisotopic (exact) mass is 394 g/mol. The Morgan fingerprint density at radius 3 is 2.47 bits per heavy atom. The highest BCUT2D eigenvalue weighted by atomic mass is 16.5. The van der Waals surface area contributed by atoms with Crippen LogP contribution in [0.4, 0.5) is 0 Å². The number of carbonyl (C=O) groups is 1. The lowest BCUT2D eigenvalue weighted by Crippen LogP contribution is -1.97. The van der Waals surface area contributed by atoms with Gasteiger partial charge in [-0.2, -0.15) is 10.5 Å². The third-order valence-electron chi connectivity index (χ3n) is 4.19. The molecule has 0 spiro atoms. The molecular weight excluding hydrogens is 376 g/mol. The van der Waals surface area contributed by atoms with Gasteiger partial charge in [-0.25, -0.2) is 0 Å². The summed E-state index contributed by atoms with van der Waals surface area (Å²) in [5.41, 5.74) is 2.87. The highest BCUT2D eigenvalue weighted by Gasteiger charge is 2.03. The zero-order valence-corrected chi connectivity index (χ0v) is 16.1. The highest BCUT2D eigenvalue weighted by molar-refractivity contribution is 6.06. The van der Waals surface area contributed by atoms with Crippen LogP contribution in [0, 0.1) is 22.7 Å². The number of benzene rings is 3. The molecule has 0 aliphatic heterocycles. The quantitative estimate of drug-likeness (QED) is 0.399. The zero-order valence-electron chi connectivity index (χ0n) is 16.1. The Balaban J connectivity index is 1.61. The molecule has 0 aliphatic carbocycles. The average Bonchev–Trinajstić information content (AvgIpc) is 2.80. The van der Waals surface area contributed by atoms with Gasteiger partial charge in [0.05, 0.1) is 11.6 Å². The SMILES string of the molecule is N#CCOc1ccc(C(=O)/C=C/c2cccc(OCc3cccc(C#N)c3)c2)cc1. The smallest absolute Gasteiger partial charge is 0.185 e. The van der Waals surface area contributed by atoms with Gasteiger partial charge in [0.15, 0.2) is 12.4 Å². The fourth-order valence-corrected chi connectivity index (χ4v) is 2.70. The second-order valence-electron chi connectivity index (χ2n) is 6.34. The third kappa shape index (κ3) is 5.82. The van der Waals surface area contributed by atoms with E-state index >= 15 is 0 Å². The minimum absolute atomic E-state index is 0.0324. The second-order valence-corrected chi connectivity index (χ2v) is 6.34. The summed E-state index contributed by atoms with van der Waals surface area (Å²) in [4.78, 5) is 12.4. The van der Waals surface area contributed by atoms with Crippen LogP contribution in [0.5, 0.6) is 11.5 Å². The van der Waals surface area contributed by atoms with Gasteiger partial charge in [0, 0.05) is 5.56 Å². The van der Waals surface area contributed by atoms with Gasteiger partial charge in [0.25, 0.3) is 0 Å². The molecule has 0 bridgehead atoms. The van der Waals surface area contributed by atoms with Crippen molar-refractivity contribution in [3.8, 4) is 23.6 Å². The number of carbonyl (C=O) groups excluding carboxylic acids is 1. The molecule has 0 radical (unpaired) electrons. The topological polar surface area (TPSA) is 83.1 Å².